The maximum Gasteiger partial charge on any atom is 0.329 e. The van der Waals surface area contributed by atoms with Gasteiger partial charge in [0.25, 0.3) is 0 Å². The summed E-state index contributed by atoms with van der Waals surface area (Å²) in [5.41, 5.74) is 3.94. The third-order valence-electron chi connectivity index (χ3n) is 3.74. The smallest absolute Gasteiger partial charge is 0.329 e. The standard InChI is InChI=1S/C20H21N3O5/c1-3-13-5-8-16(9-6-13)22-18(24)19(25)23-21-12-15-11-14(20(26)27)7-10-17(15)28-4-2/h5-12H,3-4H2,1-2H3,(H,22,24)(H,23,25)(H,26,27)/p-1/b21-12-. The Morgan fingerprint density at radius 2 is 1.79 bits per heavy atom. The first-order valence-corrected chi connectivity index (χ1v) is 8.66. The molecule has 0 spiro atoms. The Labute approximate surface area is 162 Å². The number of nitrogens with zero attached hydrogens (tertiary/aromatic N) is 1. The molecule has 2 rings (SSSR count). The van der Waals surface area contributed by atoms with Gasteiger partial charge in [-0.25, -0.2) is 5.43 Å². The fourth-order valence-electron chi connectivity index (χ4n) is 2.29. The van der Waals surface area contributed by atoms with E-state index in [1.807, 2.05) is 19.1 Å². The first-order chi connectivity index (χ1) is 13.4. The molecule has 8 heteroatoms. The van der Waals surface area contributed by atoms with E-state index in [1.165, 1.54) is 24.4 Å². The van der Waals surface area contributed by atoms with Gasteiger partial charge in [0, 0.05) is 11.3 Å². The molecule has 0 bridgehead atoms. The topological polar surface area (TPSA) is 120 Å². The predicted octanol–water partition coefficient (Wildman–Crippen LogP) is 1.10. The summed E-state index contributed by atoms with van der Waals surface area (Å²) in [6.07, 6.45) is 2.06. The molecule has 0 unspecified atom stereocenters. The van der Waals surface area contributed by atoms with E-state index >= 15 is 0 Å². The molecule has 146 valence electrons. The lowest BCUT2D eigenvalue weighted by Crippen LogP contribution is -2.32. The van der Waals surface area contributed by atoms with E-state index < -0.39 is 17.8 Å². The van der Waals surface area contributed by atoms with Crippen LogP contribution in [0.15, 0.2) is 47.6 Å². The summed E-state index contributed by atoms with van der Waals surface area (Å²) in [7, 11) is 0. The van der Waals surface area contributed by atoms with Gasteiger partial charge >= 0.3 is 11.8 Å². The monoisotopic (exact) mass is 382 g/mol. The fraction of sp³-hybridized carbons (Fsp3) is 0.200. The molecule has 0 saturated carbocycles. The largest absolute Gasteiger partial charge is 0.545 e. The Kier molecular flexibility index (Phi) is 7.27. The van der Waals surface area contributed by atoms with Crippen molar-refractivity contribution in [2.75, 3.05) is 11.9 Å². The van der Waals surface area contributed by atoms with Crippen molar-refractivity contribution < 1.29 is 24.2 Å². The number of ether oxygens (including phenoxy) is 1. The highest BCUT2D eigenvalue weighted by molar-refractivity contribution is 6.39. The van der Waals surface area contributed by atoms with Gasteiger partial charge in [0.2, 0.25) is 0 Å². The molecule has 0 atom stereocenters. The van der Waals surface area contributed by atoms with E-state index in [0.29, 0.717) is 23.6 Å². The van der Waals surface area contributed by atoms with Crippen LogP contribution in [0.4, 0.5) is 5.69 Å². The number of carbonyl (C=O) groups excluding carboxylic acids is 3. The molecule has 0 aliphatic heterocycles. The molecule has 2 aromatic carbocycles. The Balaban J connectivity index is 2.02. The maximum atomic E-state index is 11.9. The number of hydrogen-bond acceptors (Lipinski definition) is 6. The first-order valence-electron chi connectivity index (χ1n) is 8.66. The Bertz CT molecular complexity index is 891. The molecule has 0 heterocycles. The molecule has 0 aliphatic carbocycles. The summed E-state index contributed by atoms with van der Waals surface area (Å²) in [6, 6.07) is 11.2. The number of aromatic carboxylic acids is 1. The maximum absolute atomic E-state index is 11.9. The van der Waals surface area contributed by atoms with Crippen molar-refractivity contribution in [2.24, 2.45) is 5.10 Å². The SMILES string of the molecule is CCOc1ccc(C(=O)[O-])cc1/C=N\NC(=O)C(=O)Nc1ccc(CC)cc1. The van der Waals surface area contributed by atoms with Gasteiger partial charge in [-0.05, 0) is 54.8 Å². The molecule has 28 heavy (non-hydrogen) atoms. The Hall–Kier alpha value is -3.68. The highest BCUT2D eigenvalue weighted by atomic mass is 16.5. The minimum absolute atomic E-state index is 0.0653. The van der Waals surface area contributed by atoms with Gasteiger partial charge in [0.15, 0.2) is 0 Å². The quantitative estimate of drug-likeness (QED) is 0.422. The number of nitrogens with one attached hydrogen (secondary N) is 2. The molecule has 0 saturated heterocycles. The highest BCUT2D eigenvalue weighted by Crippen LogP contribution is 2.18. The molecular formula is C20H20N3O5-. The third kappa shape index (κ3) is 5.66. The Morgan fingerprint density at radius 1 is 1.07 bits per heavy atom. The van der Waals surface area contributed by atoms with Crippen molar-refractivity contribution in [1.29, 1.82) is 0 Å². The molecule has 0 aromatic heterocycles. The number of rotatable bonds is 7. The fourth-order valence-corrected chi connectivity index (χ4v) is 2.29. The summed E-state index contributed by atoms with van der Waals surface area (Å²) in [4.78, 5) is 34.8. The van der Waals surface area contributed by atoms with Crippen LogP contribution in [0.25, 0.3) is 0 Å². The van der Waals surface area contributed by atoms with Crippen LogP contribution >= 0.6 is 0 Å². The van der Waals surface area contributed by atoms with E-state index in [2.05, 4.69) is 15.8 Å². The summed E-state index contributed by atoms with van der Waals surface area (Å²) < 4.78 is 5.38. The van der Waals surface area contributed by atoms with Crippen LogP contribution in [-0.2, 0) is 16.0 Å². The molecule has 2 aromatic rings. The van der Waals surface area contributed by atoms with E-state index in [1.54, 1.807) is 19.1 Å². The summed E-state index contributed by atoms with van der Waals surface area (Å²) in [5.74, 6) is -2.82. The van der Waals surface area contributed by atoms with Crippen molar-refractivity contribution in [1.82, 2.24) is 5.43 Å². The van der Waals surface area contributed by atoms with Gasteiger partial charge < -0.3 is 20.0 Å². The molecule has 8 nitrogen and oxygen atoms in total. The van der Waals surface area contributed by atoms with Crippen molar-refractivity contribution in [3.63, 3.8) is 0 Å². The number of hydrazone groups is 1. The van der Waals surface area contributed by atoms with E-state index in [4.69, 9.17) is 4.74 Å². The zero-order valence-electron chi connectivity index (χ0n) is 15.5. The second-order valence-electron chi connectivity index (χ2n) is 5.68. The predicted molar refractivity (Wildman–Crippen MR) is 102 cm³/mol. The molecule has 0 fully saturated rings. The van der Waals surface area contributed by atoms with Crippen molar-refractivity contribution in [3.05, 3.63) is 59.2 Å². The molecule has 0 aliphatic rings. The van der Waals surface area contributed by atoms with E-state index in [9.17, 15) is 19.5 Å². The highest BCUT2D eigenvalue weighted by Gasteiger charge is 2.13. The van der Waals surface area contributed by atoms with Crippen molar-refractivity contribution in [2.45, 2.75) is 20.3 Å². The number of aryl methyl sites for hydroxylation is 1. The average molecular weight is 382 g/mol. The van der Waals surface area contributed by atoms with Gasteiger partial charge in [0.1, 0.15) is 5.75 Å². The zero-order chi connectivity index (χ0) is 20.5. The number of benzene rings is 2. The van der Waals surface area contributed by atoms with E-state index in [-0.39, 0.29) is 5.56 Å². The van der Waals surface area contributed by atoms with Crippen LogP contribution in [0.1, 0.15) is 35.3 Å². The van der Waals surface area contributed by atoms with E-state index in [0.717, 1.165) is 12.0 Å². The van der Waals surface area contributed by atoms with Crippen molar-refractivity contribution in [3.8, 4) is 5.75 Å². The second-order valence-corrected chi connectivity index (χ2v) is 5.68. The summed E-state index contributed by atoms with van der Waals surface area (Å²) in [5, 5.41) is 17.1. The lowest BCUT2D eigenvalue weighted by Gasteiger charge is -2.09. The number of hydrogen-bond donors (Lipinski definition) is 2. The summed E-state index contributed by atoms with van der Waals surface area (Å²) >= 11 is 0. The van der Waals surface area contributed by atoms with Gasteiger partial charge in [-0.15, -0.1) is 0 Å². The number of carboxylic acid groups (broad SMARTS) is 1. The number of anilines is 1. The lowest BCUT2D eigenvalue weighted by atomic mass is 10.1. The number of carboxylic acids is 1. The van der Waals surface area contributed by atoms with Crippen LogP contribution in [0.3, 0.4) is 0 Å². The minimum Gasteiger partial charge on any atom is -0.545 e. The number of carbonyl (C=O) groups is 3. The van der Waals surface area contributed by atoms with Crippen LogP contribution in [0.5, 0.6) is 5.75 Å². The van der Waals surface area contributed by atoms with Gasteiger partial charge in [-0.2, -0.15) is 5.10 Å². The summed E-state index contributed by atoms with van der Waals surface area (Å²) in [6.45, 7) is 4.14. The number of amides is 2. The van der Waals surface area contributed by atoms with Gasteiger partial charge in [-0.3, -0.25) is 9.59 Å². The second kappa shape index (κ2) is 9.86. The normalized spacial score (nSPS) is 10.5. The Morgan fingerprint density at radius 3 is 2.39 bits per heavy atom. The lowest BCUT2D eigenvalue weighted by molar-refractivity contribution is -0.255. The molecule has 2 N–H and O–H groups in total. The minimum atomic E-state index is -1.35. The average Bonchev–Trinajstić information content (AvgIpc) is 2.69. The molecule has 2 amide bonds. The van der Waals surface area contributed by atoms with Crippen LogP contribution in [0, 0.1) is 0 Å². The van der Waals surface area contributed by atoms with Gasteiger partial charge in [0.05, 0.1) is 18.8 Å². The van der Waals surface area contributed by atoms with Crippen LogP contribution in [-0.4, -0.2) is 30.6 Å². The first kappa shape index (κ1) is 20.6. The van der Waals surface area contributed by atoms with Crippen LogP contribution in [0.2, 0.25) is 0 Å². The molecule has 0 radical (unpaired) electrons. The van der Waals surface area contributed by atoms with Gasteiger partial charge in [-0.1, -0.05) is 19.1 Å². The van der Waals surface area contributed by atoms with Crippen LogP contribution < -0.4 is 20.6 Å². The zero-order valence-corrected chi connectivity index (χ0v) is 15.5. The third-order valence-corrected chi connectivity index (χ3v) is 3.74. The molecular weight excluding hydrogens is 362 g/mol. The van der Waals surface area contributed by atoms with Crippen molar-refractivity contribution >= 4 is 29.7 Å².